The fourth-order valence-corrected chi connectivity index (χ4v) is 5.46. The number of hydrogen-bond acceptors (Lipinski definition) is 9. The first kappa shape index (κ1) is 28.8. The van der Waals surface area contributed by atoms with Gasteiger partial charge in [0.25, 0.3) is 5.91 Å². The van der Waals surface area contributed by atoms with Crippen LogP contribution in [-0.4, -0.2) is 71.1 Å². The molecule has 2 aliphatic rings. The van der Waals surface area contributed by atoms with Crippen molar-refractivity contribution in [3.8, 4) is 0 Å². The van der Waals surface area contributed by atoms with Crippen LogP contribution in [0.5, 0.6) is 0 Å². The number of likely N-dealkylation sites (tertiary alicyclic amines) is 1. The van der Waals surface area contributed by atoms with Gasteiger partial charge in [0.15, 0.2) is 5.13 Å². The minimum absolute atomic E-state index is 0.000652. The third-order valence-electron chi connectivity index (χ3n) is 6.58. The molecule has 3 heterocycles. The molecular weight excluding hydrogens is 546 g/mol. The summed E-state index contributed by atoms with van der Waals surface area (Å²) in [5, 5.41) is 11.5. The number of nitrogens with one attached hydrogen (secondary N) is 3. The molecule has 4 atom stereocenters. The van der Waals surface area contributed by atoms with Gasteiger partial charge in [0, 0.05) is 30.4 Å². The molecule has 2 saturated heterocycles. The van der Waals surface area contributed by atoms with E-state index in [2.05, 4.69) is 20.9 Å². The van der Waals surface area contributed by atoms with Crippen LogP contribution in [0.25, 0.3) is 0 Å². The number of amides is 3. The van der Waals surface area contributed by atoms with Crippen molar-refractivity contribution in [2.24, 2.45) is 5.92 Å². The van der Waals surface area contributed by atoms with Crippen molar-refractivity contribution in [2.45, 2.75) is 64.4 Å². The summed E-state index contributed by atoms with van der Waals surface area (Å²) in [5.41, 5.74) is 0.901. The Kier molecular flexibility index (Phi) is 9.41. The predicted octanol–water partition coefficient (Wildman–Crippen LogP) is 3.08. The first-order valence-corrected chi connectivity index (χ1v) is 14.1. The Balaban J connectivity index is 1.42. The highest BCUT2D eigenvalue weighted by molar-refractivity contribution is 7.13. The number of ether oxygens (including phenoxy) is 2. The molecule has 0 spiro atoms. The first-order chi connectivity index (χ1) is 18.7. The monoisotopic (exact) mass is 577 g/mol. The average molecular weight is 578 g/mol. The topological polar surface area (TPSA) is 139 Å². The highest BCUT2D eigenvalue weighted by Gasteiger charge is 2.42. The number of cyclic esters (lactones) is 1. The molecule has 210 valence electrons. The number of thiazole rings is 1. The molecule has 4 rings (SSSR count). The lowest BCUT2D eigenvalue weighted by molar-refractivity contribution is -0.164. The van der Waals surface area contributed by atoms with E-state index in [4.69, 9.17) is 21.1 Å². The summed E-state index contributed by atoms with van der Waals surface area (Å²) in [6.45, 7) is 6.12. The van der Waals surface area contributed by atoms with E-state index in [1.807, 2.05) is 19.2 Å². The third kappa shape index (κ3) is 6.87. The number of aromatic nitrogens is 1. The maximum atomic E-state index is 13.6. The van der Waals surface area contributed by atoms with E-state index in [9.17, 15) is 19.2 Å². The summed E-state index contributed by atoms with van der Waals surface area (Å²) in [6, 6.07) is 2.69. The lowest BCUT2D eigenvalue weighted by Crippen LogP contribution is -2.56. The number of carbonyl (C=O) groups excluding carboxylic acids is 4. The van der Waals surface area contributed by atoms with Gasteiger partial charge in [-0.2, -0.15) is 0 Å². The second-order valence-electron chi connectivity index (χ2n) is 9.67. The Morgan fingerprint density at radius 2 is 2.10 bits per heavy atom. The summed E-state index contributed by atoms with van der Waals surface area (Å²) in [6.07, 6.45) is 1.93. The summed E-state index contributed by atoms with van der Waals surface area (Å²) in [7, 11) is 0. The van der Waals surface area contributed by atoms with Crippen LogP contribution in [-0.2, 0) is 23.9 Å². The Bertz CT molecular complexity index is 1210. The number of rotatable bonds is 10. The minimum atomic E-state index is -0.873. The zero-order chi connectivity index (χ0) is 28.1. The lowest BCUT2D eigenvalue weighted by Gasteiger charge is -2.31. The average Bonchev–Trinajstić information content (AvgIpc) is 3.64. The van der Waals surface area contributed by atoms with Crippen LogP contribution < -0.4 is 16.0 Å². The molecule has 13 heteroatoms. The number of benzene rings is 1. The van der Waals surface area contributed by atoms with Gasteiger partial charge in [-0.05, 0) is 43.9 Å². The molecule has 3 N–H and O–H groups in total. The molecule has 0 unspecified atom stereocenters. The SMILES string of the molecule is CCO[C@@H]1OC(=O)C[C@@H]1NC(=O)[C@@H]1CCCN1C(=O)[C@@H](NC(=O)c1ccc(Nc2nccs2)cc1Cl)C(C)C. The molecular formula is C26H32ClN5O6S. The summed E-state index contributed by atoms with van der Waals surface area (Å²) in [4.78, 5) is 57.3. The van der Waals surface area contributed by atoms with Crippen molar-refractivity contribution >= 4 is 57.4 Å². The quantitative estimate of drug-likeness (QED) is 0.366. The Morgan fingerprint density at radius 1 is 1.31 bits per heavy atom. The van der Waals surface area contributed by atoms with Crippen LogP contribution >= 0.6 is 22.9 Å². The molecule has 0 bridgehead atoms. The van der Waals surface area contributed by atoms with Crippen molar-refractivity contribution in [2.75, 3.05) is 18.5 Å². The van der Waals surface area contributed by atoms with Gasteiger partial charge in [0.1, 0.15) is 18.1 Å². The van der Waals surface area contributed by atoms with Crippen molar-refractivity contribution < 1.29 is 28.7 Å². The molecule has 2 aliphatic heterocycles. The molecule has 2 fully saturated rings. The maximum Gasteiger partial charge on any atom is 0.310 e. The summed E-state index contributed by atoms with van der Waals surface area (Å²) < 4.78 is 10.5. The van der Waals surface area contributed by atoms with E-state index in [0.29, 0.717) is 36.8 Å². The largest absolute Gasteiger partial charge is 0.433 e. The summed E-state index contributed by atoms with van der Waals surface area (Å²) >= 11 is 7.85. The van der Waals surface area contributed by atoms with Crippen LogP contribution in [0.15, 0.2) is 29.8 Å². The number of halogens is 1. The van der Waals surface area contributed by atoms with E-state index < -0.39 is 36.3 Å². The standard InChI is InChI=1S/C26H32ClN5O6S/c1-4-37-25-18(13-20(33)38-25)30-23(35)19-6-5-10-32(19)24(36)21(14(2)3)31-22(34)16-8-7-15(12-17(16)27)29-26-28-9-11-39-26/h7-9,11-12,14,18-19,21,25H,4-6,10,13H2,1-3H3,(H,28,29)(H,30,35)(H,31,34)/t18-,19-,21-,25+/m0/s1. The van der Waals surface area contributed by atoms with E-state index in [-0.39, 0.29) is 34.7 Å². The molecule has 0 aliphatic carbocycles. The Labute approximate surface area is 235 Å². The molecule has 1 aromatic carbocycles. The molecule has 2 aromatic rings. The number of nitrogens with zero attached hydrogens (tertiary/aromatic N) is 2. The van der Waals surface area contributed by atoms with Crippen LogP contribution in [0, 0.1) is 5.92 Å². The van der Waals surface area contributed by atoms with E-state index in [1.54, 1.807) is 31.3 Å². The van der Waals surface area contributed by atoms with Crippen LogP contribution in [0.1, 0.15) is 50.4 Å². The lowest BCUT2D eigenvalue weighted by atomic mass is 10.0. The van der Waals surface area contributed by atoms with Crippen molar-refractivity contribution in [1.82, 2.24) is 20.5 Å². The highest BCUT2D eigenvalue weighted by Crippen LogP contribution is 2.26. The second-order valence-corrected chi connectivity index (χ2v) is 11.0. The fraction of sp³-hybridized carbons (Fsp3) is 0.500. The first-order valence-electron chi connectivity index (χ1n) is 12.9. The van der Waals surface area contributed by atoms with Gasteiger partial charge in [-0.25, -0.2) is 4.98 Å². The molecule has 0 radical (unpaired) electrons. The number of carbonyl (C=O) groups is 4. The Hall–Kier alpha value is -3.22. The molecule has 39 heavy (non-hydrogen) atoms. The predicted molar refractivity (Wildman–Crippen MR) is 146 cm³/mol. The molecule has 0 saturated carbocycles. The number of hydrogen-bond donors (Lipinski definition) is 3. The third-order valence-corrected chi connectivity index (χ3v) is 7.58. The van der Waals surface area contributed by atoms with Gasteiger partial charge in [0.05, 0.1) is 17.0 Å². The van der Waals surface area contributed by atoms with Gasteiger partial charge in [-0.15, -0.1) is 11.3 Å². The van der Waals surface area contributed by atoms with E-state index in [0.717, 1.165) is 0 Å². The fourth-order valence-electron chi connectivity index (χ4n) is 4.65. The van der Waals surface area contributed by atoms with Gasteiger partial charge < -0.3 is 30.3 Å². The van der Waals surface area contributed by atoms with Crippen LogP contribution in [0.4, 0.5) is 10.8 Å². The zero-order valence-electron chi connectivity index (χ0n) is 21.9. The van der Waals surface area contributed by atoms with Gasteiger partial charge in [-0.1, -0.05) is 25.4 Å². The molecule has 1 aromatic heterocycles. The van der Waals surface area contributed by atoms with Crippen molar-refractivity contribution in [1.29, 1.82) is 0 Å². The number of anilines is 2. The van der Waals surface area contributed by atoms with Crippen molar-refractivity contribution in [3.05, 3.63) is 40.4 Å². The van der Waals surface area contributed by atoms with Gasteiger partial charge >= 0.3 is 5.97 Å². The Morgan fingerprint density at radius 3 is 2.77 bits per heavy atom. The minimum Gasteiger partial charge on any atom is -0.433 e. The maximum absolute atomic E-state index is 13.6. The second kappa shape index (κ2) is 12.8. The van der Waals surface area contributed by atoms with Crippen molar-refractivity contribution in [3.63, 3.8) is 0 Å². The molecule has 3 amide bonds. The van der Waals surface area contributed by atoms with Gasteiger partial charge in [-0.3, -0.25) is 19.2 Å². The molecule has 11 nitrogen and oxygen atoms in total. The zero-order valence-corrected chi connectivity index (χ0v) is 23.5. The summed E-state index contributed by atoms with van der Waals surface area (Å²) in [5.74, 6) is -1.93. The van der Waals surface area contributed by atoms with E-state index in [1.165, 1.54) is 16.2 Å². The normalized spacial score (nSPS) is 21.5. The van der Waals surface area contributed by atoms with Crippen LogP contribution in [0.2, 0.25) is 5.02 Å². The smallest absolute Gasteiger partial charge is 0.310 e. The van der Waals surface area contributed by atoms with Gasteiger partial charge in [0.2, 0.25) is 18.1 Å². The number of esters is 1. The highest BCUT2D eigenvalue weighted by atomic mass is 35.5. The van der Waals surface area contributed by atoms with Crippen LogP contribution in [0.3, 0.4) is 0 Å². The van der Waals surface area contributed by atoms with E-state index >= 15 is 0 Å².